The van der Waals surface area contributed by atoms with Crippen LogP contribution >= 0.6 is 0 Å². The summed E-state index contributed by atoms with van der Waals surface area (Å²) >= 11 is 0. The lowest BCUT2D eigenvalue weighted by Gasteiger charge is -2.40. The van der Waals surface area contributed by atoms with Gasteiger partial charge in [0.2, 0.25) is 0 Å². The summed E-state index contributed by atoms with van der Waals surface area (Å²) in [5.74, 6) is 0.881. The van der Waals surface area contributed by atoms with Crippen molar-refractivity contribution < 1.29 is 14.3 Å². The van der Waals surface area contributed by atoms with E-state index in [0.29, 0.717) is 18.2 Å². The van der Waals surface area contributed by atoms with Crippen LogP contribution in [-0.2, 0) is 23.0 Å². The number of benzene rings is 2. The summed E-state index contributed by atoms with van der Waals surface area (Å²) in [6.45, 7) is 4.40. The third-order valence-electron chi connectivity index (χ3n) is 6.81. The Kier molecular flexibility index (Phi) is 4.12. The predicted octanol–water partition coefficient (Wildman–Crippen LogP) is 4.84. The summed E-state index contributed by atoms with van der Waals surface area (Å²) in [6.07, 6.45) is 2.98. The number of hydrogen-bond donors (Lipinski definition) is 0. The molecule has 0 unspecified atom stereocenters. The van der Waals surface area contributed by atoms with Gasteiger partial charge in [-0.3, -0.25) is 0 Å². The number of aromatic nitrogens is 1. The van der Waals surface area contributed by atoms with Crippen molar-refractivity contribution >= 4 is 16.7 Å². The van der Waals surface area contributed by atoms with Crippen molar-refractivity contribution in [2.75, 3.05) is 13.7 Å². The number of pyridine rings is 1. The number of carbonyl (C=O) groups excluding carboxylic acids is 1. The number of ether oxygens (including phenoxy) is 2. The van der Waals surface area contributed by atoms with Gasteiger partial charge >= 0.3 is 5.97 Å². The minimum absolute atomic E-state index is 0.168. The SMILES string of the molecule is CCOC(=O)c1cc2cc(OC)cc3c2c(n1)[C@@]1(CC)c2ccccc2C[C@H]1C3. The van der Waals surface area contributed by atoms with Gasteiger partial charge in [0.1, 0.15) is 11.4 Å². The van der Waals surface area contributed by atoms with Crippen LogP contribution in [-0.4, -0.2) is 24.7 Å². The largest absolute Gasteiger partial charge is 0.497 e. The fourth-order valence-corrected chi connectivity index (χ4v) is 5.64. The van der Waals surface area contributed by atoms with Crippen LogP contribution in [0.25, 0.3) is 10.8 Å². The van der Waals surface area contributed by atoms with E-state index in [9.17, 15) is 4.79 Å². The Hall–Kier alpha value is -2.88. The highest BCUT2D eigenvalue weighted by Crippen LogP contribution is 2.56. The second-order valence-corrected chi connectivity index (χ2v) is 8.05. The summed E-state index contributed by atoms with van der Waals surface area (Å²) in [5, 5.41) is 2.18. The van der Waals surface area contributed by atoms with Crippen molar-refractivity contribution in [3.05, 3.63) is 70.5 Å². The fourth-order valence-electron chi connectivity index (χ4n) is 5.64. The molecule has 2 aliphatic rings. The minimum Gasteiger partial charge on any atom is -0.497 e. The molecule has 4 nitrogen and oxygen atoms in total. The van der Waals surface area contributed by atoms with Crippen LogP contribution in [0, 0.1) is 5.92 Å². The summed E-state index contributed by atoms with van der Waals surface area (Å²) in [5.41, 5.74) is 5.27. The second-order valence-electron chi connectivity index (χ2n) is 8.05. The highest BCUT2D eigenvalue weighted by Gasteiger charge is 2.51. The van der Waals surface area contributed by atoms with Gasteiger partial charge in [-0.25, -0.2) is 9.78 Å². The number of carbonyl (C=O) groups is 1. The molecule has 0 aliphatic heterocycles. The maximum Gasteiger partial charge on any atom is 0.356 e. The molecule has 0 radical (unpaired) electrons. The van der Waals surface area contributed by atoms with Gasteiger partial charge in [0, 0.05) is 10.8 Å². The Morgan fingerprint density at radius 2 is 1.93 bits per heavy atom. The Labute approximate surface area is 170 Å². The van der Waals surface area contributed by atoms with Gasteiger partial charge in [0.25, 0.3) is 0 Å². The Bertz CT molecular complexity index is 1140. The normalized spacial score (nSPS) is 21.6. The van der Waals surface area contributed by atoms with E-state index >= 15 is 0 Å². The zero-order valence-electron chi connectivity index (χ0n) is 17.1. The van der Waals surface area contributed by atoms with E-state index in [1.807, 2.05) is 19.1 Å². The first-order chi connectivity index (χ1) is 14.1. The Balaban J connectivity index is 1.86. The standard InChI is InChI=1S/C25H25NO3/c1-4-25-18(10-15-8-6-7-9-20(15)25)11-16-12-19(28-3)13-17-14-21(24(27)29-5-2)26-23(25)22(16)17/h6-9,12-14,18H,4-5,10-11H2,1-3H3/t18-,25+/m0/s1. The molecule has 2 aromatic carbocycles. The average molecular weight is 387 g/mol. The third-order valence-corrected chi connectivity index (χ3v) is 6.81. The van der Waals surface area contributed by atoms with E-state index in [0.717, 1.165) is 36.1 Å². The summed E-state index contributed by atoms with van der Waals surface area (Å²) < 4.78 is 10.9. The number of nitrogens with zero attached hydrogens (tertiary/aromatic N) is 1. The lowest BCUT2D eigenvalue weighted by Crippen LogP contribution is -2.38. The lowest BCUT2D eigenvalue weighted by molar-refractivity contribution is 0.0519. The van der Waals surface area contributed by atoms with Gasteiger partial charge in [0.15, 0.2) is 0 Å². The summed E-state index contributed by atoms with van der Waals surface area (Å²) in [6, 6.07) is 14.7. The van der Waals surface area contributed by atoms with Gasteiger partial charge in [-0.2, -0.15) is 0 Å². The minimum atomic E-state index is -0.366. The Morgan fingerprint density at radius 1 is 1.14 bits per heavy atom. The molecule has 4 heteroatoms. The van der Waals surface area contributed by atoms with Crippen molar-refractivity contribution in [3.8, 4) is 5.75 Å². The maximum atomic E-state index is 12.6. The van der Waals surface area contributed by atoms with Gasteiger partial charge in [-0.05, 0) is 72.4 Å². The van der Waals surface area contributed by atoms with Crippen molar-refractivity contribution in [2.45, 2.75) is 38.5 Å². The highest BCUT2D eigenvalue weighted by atomic mass is 16.5. The van der Waals surface area contributed by atoms with E-state index in [-0.39, 0.29) is 11.4 Å². The topological polar surface area (TPSA) is 48.4 Å². The number of fused-ring (bicyclic) bond motifs is 4. The molecular formula is C25H25NO3. The quantitative estimate of drug-likeness (QED) is 0.601. The van der Waals surface area contributed by atoms with E-state index in [2.05, 4.69) is 37.3 Å². The molecule has 2 aliphatic carbocycles. The average Bonchev–Trinajstić information content (AvgIpc) is 3.07. The predicted molar refractivity (Wildman–Crippen MR) is 113 cm³/mol. The van der Waals surface area contributed by atoms with Gasteiger partial charge in [-0.1, -0.05) is 31.2 Å². The molecule has 0 amide bonds. The fraction of sp³-hybridized carbons (Fsp3) is 0.360. The van der Waals surface area contributed by atoms with E-state index in [1.54, 1.807) is 7.11 Å². The Morgan fingerprint density at radius 3 is 2.69 bits per heavy atom. The first-order valence-corrected chi connectivity index (χ1v) is 10.4. The maximum absolute atomic E-state index is 12.6. The molecule has 0 spiro atoms. The molecule has 0 fully saturated rings. The monoisotopic (exact) mass is 387 g/mol. The summed E-state index contributed by atoms with van der Waals surface area (Å²) in [7, 11) is 1.69. The molecule has 3 aromatic rings. The van der Waals surface area contributed by atoms with Crippen molar-refractivity contribution in [1.29, 1.82) is 0 Å². The number of hydrogen-bond acceptors (Lipinski definition) is 4. The van der Waals surface area contributed by atoms with Crippen molar-refractivity contribution in [3.63, 3.8) is 0 Å². The molecule has 1 aromatic heterocycles. The van der Waals surface area contributed by atoms with E-state index in [4.69, 9.17) is 14.5 Å². The molecule has 5 rings (SSSR count). The van der Waals surface area contributed by atoms with Crippen LogP contribution in [0.5, 0.6) is 5.75 Å². The van der Waals surface area contributed by atoms with Crippen molar-refractivity contribution in [2.24, 2.45) is 5.92 Å². The molecule has 29 heavy (non-hydrogen) atoms. The first-order valence-electron chi connectivity index (χ1n) is 10.4. The van der Waals surface area contributed by atoms with Crippen LogP contribution in [0.15, 0.2) is 42.5 Å². The van der Waals surface area contributed by atoms with Crippen molar-refractivity contribution in [1.82, 2.24) is 4.98 Å². The molecule has 1 heterocycles. The van der Waals surface area contributed by atoms with Crippen LogP contribution in [0.4, 0.5) is 0 Å². The number of methoxy groups -OCH3 is 1. The summed E-state index contributed by atoms with van der Waals surface area (Å²) in [4.78, 5) is 17.6. The van der Waals surface area contributed by atoms with Crippen LogP contribution in [0.1, 0.15) is 53.1 Å². The molecule has 0 saturated heterocycles. The smallest absolute Gasteiger partial charge is 0.356 e. The molecule has 0 saturated carbocycles. The third kappa shape index (κ3) is 2.44. The lowest BCUT2D eigenvalue weighted by atomic mass is 9.63. The van der Waals surface area contributed by atoms with Gasteiger partial charge in [-0.15, -0.1) is 0 Å². The van der Waals surface area contributed by atoms with Crippen LogP contribution in [0.3, 0.4) is 0 Å². The van der Waals surface area contributed by atoms with E-state index in [1.165, 1.54) is 22.1 Å². The van der Waals surface area contributed by atoms with Crippen LogP contribution < -0.4 is 4.74 Å². The number of rotatable bonds is 4. The molecular weight excluding hydrogens is 362 g/mol. The second kappa shape index (κ2) is 6.58. The molecule has 148 valence electrons. The highest BCUT2D eigenvalue weighted by molar-refractivity contribution is 5.97. The zero-order valence-corrected chi connectivity index (χ0v) is 17.1. The molecule has 2 atom stereocenters. The van der Waals surface area contributed by atoms with Gasteiger partial charge < -0.3 is 9.47 Å². The number of esters is 1. The van der Waals surface area contributed by atoms with E-state index < -0.39 is 0 Å². The van der Waals surface area contributed by atoms with Crippen LogP contribution in [0.2, 0.25) is 0 Å². The molecule has 0 N–H and O–H groups in total. The zero-order chi connectivity index (χ0) is 20.2. The molecule has 0 bridgehead atoms. The first kappa shape index (κ1) is 18.2. The van der Waals surface area contributed by atoms with Gasteiger partial charge in [0.05, 0.1) is 19.4 Å².